The maximum Gasteiger partial charge on any atom is 0.361 e. The number of methoxy groups -OCH3 is 1. The SMILES string of the molecule is COC(=O)C[NH+](C)[C@H]1CCS(=O)(=O)C1. The number of sulfone groups is 1. The molecule has 0 aromatic rings. The predicted molar refractivity (Wildman–Crippen MR) is 50.8 cm³/mol. The summed E-state index contributed by atoms with van der Waals surface area (Å²) in [7, 11) is 0.300. The molecular weight excluding hydrogens is 206 g/mol. The molecule has 14 heavy (non-hydrogen) atoms. The van der Waals surface area contributed by atoms with E-state index in [1.807, 2.05) is 7.05 Å². The molecule has 0 aromatic heterocycles. The summed E-state index contributed by atoms with van der Waals surface area (Å²) in [5.74, 6) is 0.137. The fraction of sp³-hybridized carbons (Fsp3) is 0.875. The van der Waals surface area contributed by atoms with Crippen molar-refractivity contribution in [3.63, 3.8) is 0 Å². The van der Waals surface area contributed by atoms with E-state index >= 15 is 0 Å². The predicted octanol–water partition coefficient (Wildman–Crippen LogP) is -2.14. The van der Waals surface area contributed by atoms with Crippen LogP contribution in [0.4, 0.5) is 0 Å². The van der Waals surface area contributed by atoms with Crippen LogP contribution >= 0.6 is 0 Å². The Morgan fingerprint density at radius 1 is 1.57 bits per heavy atom. The highest BCUT2D eigenvalue weighted by Crippen LogP contribution is 2.08. The van der Waals surface area contributed by atoms with Gasteiger partial charge in [0, 0.05) is 6.42 Å². The largest absolute Gasteiger partial charge is 0.465 e. The summed E-state index contributed by atoms with van der Waals surface area (Å²) in [5.41, 5.74) is 0. The molecular formula is C8H16NO4S+. The number of quaternary nitrogens is 1. The number of likely N-dealkylation sites (N-methyl/N-ethyl adjacent to an activating group) is 1. The zero-order chi connectivity index (χ0) is 10.8. The Balaban J connectivity index is 2.47. The topological polar surface area (TPSA) is 64.9 Å². The van der Waals surface area contributed by atoms with Gasteiger partial charge in [-0.3, -0.25) is 0 Å². The molecule has 0 spiro atoms. The number of hydrogen-bond acceptors (Lipinski definition) is 4. The molecule has 1 N–H and O–H groups in total. The van der Waals surface area contributed by atoms with E-state index in [9.17, 15) is 13.2 Å². The summed E-state index contributed by atoms with van der Waals surface area (Å²) in [4.78, 5) is 11.9. The standard InChI is InChI=1S/C8H15NO4S/c1-9(5-8(10)13-2)7-3-4-14(11,12)6-7/h7H,3-6H2,1-2H3/p+1/t7-/m0/s1. The molecule has 1 fully saturated rings. The van der Waals surface area contributed by atoms with Gasteiger partial charge in [0.1, 0.15) is 11.8 Å². The molecule has 1 aliphatic rings. The number of rotatable bonds is 3. The lowest BCUT2D eigenvalue weighted by molar-refractivity contribution is -0.895. The molecule has 1 saturated heterocycles. The molecule has 1 aliphatic heterocycles. The second kappa shape index (κ2) is 4.27. The number of esters is 1. The molecule has 1 heterocycles. The van der Waals surface area contributed by atoms with Gasteiger partial charge in [0.05, 0.1) is 19.9 Å². The molecule has 6 heteroatoms. The molecule has 5 nitrogen and oxygen atoms in total. The van der Waals surface area contributed by atoms with Gasteiger partial charge in [-0.05, 0) is 0 Å². The zero-order valence-electron chi connectivity index (χ0n) is 8.45. The van der Waals surface area contributed by atoms with Crippen molar-refractivity contribution in [1.29, 1.82) is 0 Å². The third-order valence-corrected chi connectivity index (χ3v) is 4.35. The van der Waals surface area contributed by atoms with Crippen LogP contribution in [0.3, 0.4) is 0 Å². The fourth-order valence-electron chi connectivity index (χ4n) is 1.63. The van der Waals surface area contributed by atoms with E-state index < -0.39 is 9.84 Å². The van der Waals surface area contributed by atoms with Crippen LogP contribution in [0.25, 0.3) is 0 Å². The Labute approximate surface area is 83.9 Å². The van der Waals surface area contributed by atoms with E-state index in [4.69, 9.17) is 0 Å². The second-order valence-electron chi connectivity index (χ2n) is 3.70. The molecule has 82 valence electrons. The van der Waals surface area contributed by atoms with E-state index in [1.165, 1.54) is 7.11 Å². The van der Waals surface area contributed by atoms with E-state index in [2.05, 4.69) is 4.74 Å². The second-order valence-corrected chi connectivity index (χ2v) is 5.93. The third-order valence-electron chi connectivity index (χ3n) is 2.58. The van der Waals surface area contributed by atoms with Crippen LogP contribution < -0.4 is 4.90 Å². The van der Waals surface area contributed by atoms with Crippen molar-refractivity contribution >= 4 is 15.8 Å². The Hall–Kier alpha value is -0.620. The summed E-state index contributed by atoms with van der Waals surface area (Å²) >= 11 is 0. The van der Waals surface area contributed by atoms with Crippen LogP contribution in [0.2, 0.25) is 0 Å². The first-order valence-electron chi connectivity index (χ1n) is 4.54. The van der Waals surface area contributed by atoms with Gasteiger partial charge in [-0.2, -0.15) is 0 Å². The number of carbonyl (C=O) groups excluding carboxylic acids is 1. The minimum absolute atomic E-state index is 0.0408. The molecule has 0 saturated carbocycles. The molecule has 0 radical (unpaired) electrons. The van der Waals surface area contributed by atoms with Crippen molar-refractivity contribution in [1.82, 2.24) is 0 Å². The van der Waals surface area contributed by atoms with Crippen molar-refractivity contribution in [2.45, 2.75) is 12.5 Å². The van der Waals surface area contributed by atoms with Crippen LogP contribution in [-0.2, 0) is 19.4 Å². The highest BCUT2D eigenvalue weighted by molar-refractivity contribution is 7.91. The molecule has 0 aliphatic carbocycles. The summed E-state index contributed by atoms with van der Waals surface area (Å²) in [5, 5.41) is 0. The van der Waals surface area contributed by atoms with Gasteiger partial charge in [-0.25, -0.2) is 13.2 Å². The van der Waals surface area contributed by atoms with Gasteiger partial charge in [-0.1, -0.05) is 0 Å². The number of ether oxygens (including phenoxy) is 1. The van der Waals surface area contributed by atoms with Crippen molar-refractivity contribution in [3.05, 3.63) is 0 Å². The van der Waals surface area contributed by atoms with E-state index in [0.29, 0.717) is 6.42 Å². The van der Waals surface area contributed by atoms with Gasteiger partial charge in [0.25, 0.3) is 0 Å². The van der Waals surface area contributed by atoms with Gasteiger partial charge in [0.2, 0.25) is 0 Å². The molecule has 0 bridgehead atoms. The Morgan fingerprint density at radius 2 is 2.21 bits per heavy atom. The van der Waals surface area contributed by atoms with Crippen LogP contribution in [0.5, 0.6) is 0 Å². The number of hydrogen-bond donors (Lipinski definition) is 1. The first kappa shape index (κ1) is 11.5. The fourth-order valence-corrected chi connectivity index (χ4v) is 3.50. The Bertz CT molecular complexity index is 311. The van der Waals surface area contributed by atoms with Crippen molar-refractivity contribution in [3.8, 4) is 0 Å². The summed E-state index contributed by atoms with van der Waals surface area (Å²) in [6, 6.07) is 0.0408. The van der Waals surface area contributed by atoms with Crippen molar-refractivity contribution in [2.75, 3.05) is 32.2 Å². The normalized spacial score (nSPS) is 27.1. The smallest absolute Gasteiger partial charge is 0.361 e. The van der Waals surface area contributed by atoms with E-state index in [-0.39, 0.29) is 30.1 Å². The first-order valence-corrected chi connectivity index (χ1v) is 6.36. The number of nitrogens with one attached hydrogen (secondary N) is 1. The molecule has 1 rings (SSSR count). The highest BCUT2D eigenvalue weighted by atomic mass is 32.2. The average Bonchev–Trinajstić information content (AvgIpc) is 2.46. The molecule has 1 unspecified atom stereocenters. The van der Waals surface area contributed by atoms with Crippen molar-refractivity contribution in [2.24, 2.45) is 0 Å². The summed E-state index contributed by atoms with van der Waals surface area (Å²) < 4.78 is 26.9. The minimum Gasteiger partial charge on any atom is -0.465 e. The molecule has 0 aromatic carbocycles. The van der Waals surface area contributed by atoms with E-state index in [0.717, 1.165) is 4.90 Å². The van der Waals surface area contributed by atoms with Crippen LogP contribution in [-0.4, -0.2) is 52.6 Å². The average molecular weight is 222 g/mol. The maximum absolute atomic E-state index is 11.2. The molecule has 0 amide bonds. The monoisotopic (exact) mass is 222 g/mol. The quantitative estimate of drug-likeness (QED) is 0.554. The first-order chi connectivity index (χ1) is 6.44. The van der Waals surface area contributed by atoms with Gasteiger partial charge in [0.15, 0.2) is 16.4 Å². The Morgan fingerprint density at radius 3 is 2.64 bits per heavy atom. The van der Waals surface area contributed by atoms with Gasteiger partial charge in [-0.15, -0.1) is 0 Å². The van der Waals surface area contributed by atoms with Crippen LogP contribution in [0, 0.1) is 0 Å². The lowest BCUT2D eigenvalue weighted by Gasteiger charge is -2.18. The number of carbonyl (C=O) groups is 1. The van der Waals surface area contributed by atoms with E-state index in [1.54, 1.807) is 0 Å². The van der Waals surface area contributed by atoms with Crippen LogP contribution in [0.1, 0.15) is 6.42 Å². The Kier molecular flexibility index (Phi) is 3.49. The minimum atomic E-state index is -2.86. The molecule has 2 atom stereocenters. The lowest BCUT2D eigenvalue weighted by Crippen LogP contribution is -3.14. The lowest BCUT2D eigenvalue weighted by atomic mass is 10.2. The summed E-state index contributed by atoms with van der Waals surface area (Å²) in [6.07, 6.45) is 0.644. The summed E-state index contributed by atoms with van der Waals surface area (Å²) in [6.45, 7) is 0.233. The van der Waals surface area contributed by atoms with Crippen molar-refractivity contribution < 1.29 is 22.8 Å². The van der Waals surface area contributed by atoms with Gasteiger partial charge < -0.3 is 9.64 Å². The van der Waals surface area contributed by atoms with Gasteiger partial charge >= 0.3 is 5.97 Å². The zero-order valence-corrected chi connectivity index (χ0v) is 9.26. The third kappa shape index (κ3) is 2.95. The maximum atomic E-state index is 11.2. The van der Waals surface area contributed by atoms with Crippen LogP contribution in [0.15, 0.2) is 0 Å². The highest BCUT2D eigenvalue weighted by Gasteiger charge is 2.34.